The Hall–Kier alpha value is -1.57. The minimum atomic E-state index is -2.09. The monoisotopic (exact) mass is 758 g/mol. The summed E-state index contributed by atoms with van der Waals surface area (Å²) in [6.45, 7) is 29.2. The van der Waals surface area contributed by atoms with Gasteiger partial charge in [0, 0.05) is 37.2 Å². The molecule has 0 aromatic heterocycles. The van der Waals surface area contributed by atoms with Crippen LogP contribution in [0.1, 0.15) is 111 Å². The number of aliphatic hydroxyl groups excluding tert-OH is 1. The summed E-state index contributed by atoms with van der Waals surface area (Å²) in [6, 6.07) is 18.4. The summed E-state index contributed by atoms with van der Waals surface area (Å²) in [5.41, 5.74) is 2.16. The van der Waals surface area contributed by atoms with Crippen LogP contribution in [-0.4, -0.2) is 66.5 Å². The Morgan fingerprint density at radius 1 is 0.808 bits per heavy atom. The van der Waals surface area contributed by atoms with Gasteiger partial charge in [-0.1, -0.05) is 97.9 Å². The molecule has 1 heterocycles. The van der Waals surface area contributed by atoms with Crippen LogP contribution in [0.5, 0.6) is 5.75 Å². The first-order valence-corrected chi connectivity index (χ1v) is 25.6. The molecule has 1 N–H and O–H groups in total. The van der Waals surface area contributed by atoms with Gasteiger partial charge in [0.1, 0.15) is 5.75 Å². The molecule has 0 bridgehead atoms. The molecule has 2 aromatic rings. The minimum absolute atomic E-state index is 0.00763. The fourth-order valence-electron chi connectivity index (χ4n) is 6.39. The molecule has 1 fully saturated rings. The van der Waals surface area contributed by atoms with E-state index >= 15 is 0 Å². The maximum atomic E-state index is 9.61. The highest BCUT2D eigenvalue weighted by molar-refractivity contribution is 6.74. The molecular weight excluding hydrogens is 685 g/mol. The lowest BCUT2D eigenvalue weighted by Crippen LogP contribution is -2.46. The first kappa shape index (κ1) is 44.8. The number of benzene rings is 2. The molecule has 52 heavy (non-hydrogen) atoms. The Labute approximate surface area is 319 Å². The van der Waals surface area contributed by atoms with E-state index in [1.807, 2.05) is 30.3 Å². The Bertz CT molecular complexity index is 1290. The van der Waals surface area contributed by atoms with Crippen molar-refractivity contribution in [3.63, 3.8) is 0 Å². The molecule has 7 nitrogen and oxygen atoms in total. The van der Waals surface area contributed by atoms with Crippen LogP contribution in [0, 0.1) is 11.8 Å². The molecule has 3 rings (SSSR count). The number of rotatable bonds is 20. The quantitative estimate of drug-likeness (QED) is 0.135. The van der Waals surface area contributed by atoms with Crippen LogP contribution in [0.3, 0.4) is 0 Å². The van der Waals surface area contributed by atoms with Crippen molar-refractivity contribution < 1.29 is 32.9 Å². The van der Waals surface area contributed by atoms with Crippen LogP contribution >= 0.6 is 0 Å². The van der Waals surface area contributed by atoms with Gasteiger partial charge in [0.2, 0.25) is 0 Å². The normalized spacial score (nSPS) is 21.4. The average molecular weight is 759 g/mol. The molecule has 0 aliphatic carbocycles. The first-order chi connectivity index (χ1) is 24.3. The standard InChI is InChI=1S/C43H74O7Si2/c1-32(40(33(2)30-47-51(10,11)42(3,4)5)46-31-34-22-25-36(45-9)26-23-34)21-24-38(50-52(12,13)43(6,7)8)29-39-28-37(20-17-27-44)48-41(49-39)35-18-15-14-16-19-35/h14-16,18-19,22-23,25-26,32-33,37-41,44H,17,20-21,24,27-31H2,1-13H3/t32-,33-,37+,38+,39+,40+,41+/m1/s1. The number of methoxy groups -OCH3 is 1. The summed E-state index contributed by atoms with van der Waals surface area (Å²) in [5.74, 6) is 1.35. The topological polar surface area (TPSA) is 75.6 Å². The molecule has 0 unspecified atom stereocenters. The molecule has 0 radical (unpaired) electrons. The zero-order chi connectivity index (χ0) is 38.7. The van der Waals surface area contributed by atoms with E-state index in [1.165, 1.54) is 0 Å². The Morgan fingerprint density at radius 3 is 2.00 bits per heavy atom. The van der Waals surface area contributed by atoms with Gasteiger partial charge in [-0.3, -0.25) is 0 Å². The highest BCUT2D eigenvalue weighted by atomic mass is 28.4. The third kappa shape index (κ3) is 13.6. The zero-order valence-electron chi connectivity index (χ0n) is 35.0. The Kier molecular flexibility index (Phi) is 17.1. The predicted molar refractivity (Wildman–Crippen MR) is 219 cm³/mol. The lowest BCUT2D eigenvalue weighted by Gasteiger charge is -2.42. The second kappa shape index (κ2) is 19.8. The highest BCUT2D eigenvalue weighted by Crippen LogP contribution is 2.41. The maximum absolute atomic E-state index is 9.61. The van der Waals surface area contributed by atoms with E-state index in [4.69, 9.17) is 27.8 Å². The second-order valence-electron chi connectivity index (χ2n) is 18.3. The fourth-order valence-corrected chi connectivity index (χ4v) is 8.90. The number of ether oxygens (including phenoxy) is 4. The van der Waals surface area contributed by atoms with Gasteiger partial charge in [-0.2, -0.15) is 0 Å². The first-order valence-electron chi connectivity index (χ1n) is 19.8. The van der Waals surface area contributed by atoms with E-state index in [2.05, 4.69) is 106 Å². The molecule has 296 valence electrons. The van der Waals surface area contributed by atoms with Gasteiger partial charge in [0.15, 0.2) is 22.9 Å². The van der Waals surface area contributed by atoms with Crippen LogP contribution in [-0.2, 0) is 29.7 Å². The van der Waals surface area contributed by atoms with Crippen molar-refractivity contribution in [3.05, 3.63) is 65.7 Å². The van der Waals surface area contributed by atoms with Gasteiger partial charge >= 0.3 is 0 Å². The molecule has 2 aromatic carbocycles. The van der Waals surface area contributed by atoms with E-state index in [0.717, 1.165) is 55.4 Å². The molecule has 0 amide bonds. The molecule has 1 aliphatic rings. The van der Waals surface area contributed by atoms with E-state index in [9.17, 15) is 5.11 Å². The van der Waals surface area contributed by atoms with E-state index < -0.39 is 22.9 Å². The van der Waals surface area contributed by atoms with Crippen LogP contribution in [0.4, 0.5) is 0 Å². The predicted octanol–water partition coefficient (Wildman–Crippen LogP) is 11.1. The fraction of sp³-hybridized carbons (Fsp3) is 0.721. The molecule has 1 aliphatic heterocycles. The van der Waals surface area contributed by atoms with Crippen LogP contribution in [0.25, 0.3) is 0 Å². The largest absolute Gasteiger partial charge is 0.497 e. The highest BCUT2D eigenvalue weighted by Gasteiger charge is 2.42. The SMILES string of the molecule is COc1ccc(CO[C@@H]([C@H](C)CC[C@@H](C[C@@H]2C[C@H](CCCO)O[C@H](c3ccccc3)O2)O[Si](C)(C)C(C)(C)C)[C@H](C)CO[Si](C)(C)C(C)(C)C)cc1. The molecule has 7 atom stereocenters. The van der Waals surface area contributed by atoms with E-state index in [0.29, 0.717) is 13.2 Å². The third-order valence-electron chi connectivity index (χ3n) is 11.9. The van der Waals surface area contributed by atoms with Crippen LogP contribution in [0.15, 0.2) is 54.6 Å². The molecule has 0 saturated carbocycles. The molecule has 0 spiro atoms. The Morgan fingerprint density at radius 2 is 1.42 bits per heavy atom. The Balaban J connectivity index is 1.82. The average Bonchev–Trinajstić information content (AvgIpc) is 3.08. The van der Waals surface area contributed by atoms with Gasteiger partial charge < -0.3 is 32.9 Å². The summed E-state index contributed by atoms with van der Waals surface area (Å²) in [4.78, 5) is 0. The maximum Gasteiger partial charge on any atom is 0.192 e. The number of hydrogen-bond donors (Lipinski definition) is 1. The van der Waals surface area contributed by atoms with Gasteiger partial charge in [-0.15, -0.1) is 0 Å². The van der Waals surface area contributed by atoms with Crippen LogP contribution in [0.2, 0.25) is 36.3 Å². The van der Waals surface area contributed by atoms with Gasteiger partial charge in [0.05, 0.1) is 32.0 Å². The lowest BCUT2D eigenvalue weighted by atomic mass is 9.88. The van der Waals surface area contributed by atoms with E-state index in [-0.39, 0.29) is 52.9 Å². The lowest BCUT2D eigenvalue weighted by molar-refractivity contribution is -0.253. The molecular formula is C43H74O7Si2. The summed E-state index contributed by atoms with van der Waals surface area (Å²) < 4.78 is 39.4. The molecule has 1 saturated heterocycles. The van der Waals surface area contributed by atoms with E-state index in [1.54, 1.807) is 7.11 Å². The van der Waals surface area contributed by atoms with Crippen molar-refractivity contribution >= 4 is 16.6 Å². The van der Waals surface area contributed by atoms with Crippen molar-refractivity contribution in [3.8, 4) is 5.75 Å². The summed E-state index contributed by atoms with van der Waals surface area (Å²) in [7, 11) is -2.31. The van der Waals surface area contributed by atoms with Crippen LogP contribution < -0.4 is 4.74 Å². The summed E-state index contributed by atoms with van der Waals surface area (Å²) in [6.07, 6.45) is 4.69. The van der Waals surface area contributed by atoms with Gasteiger partial charge in [0.25, 0.3) is 0 Å². The zero-order valence-corrected chi connectivity index (χ0v) is 37.0. The molecule has 9 heteroatoms. The third-order valence-corrected chi connectivity index (χ3v) is 20.9. The number of hydrogen-bond acceptors (Lipinski definition) is 7. The van der Waals surface area contributed by atoms with Crippen molar-refractivity contribution in [1.29, 1.82) is 0 Å². The minimum Gasteiger partial charge on any atom is -0.497 e. The second-order valence-corrected chi connectivity index (χ2v) is 27.9. The smallest absolute Gasteiger partial charge is 0.192 e. The van der Waals surface area contributed by atoms with Crippen molar-refractivity contribution in [2.75, 3.05) is 20.3 Å². The number of aliphatic hydroxyl groups is 1. The summed E-state index contributed by atoms with van der Waals surface area (Å²) in [5, 5.41) is 9.84. The van der Waals surface area contributed by atoms with Gasteiger partial charge in [-0.05, 0) is 92.0 Å². The van der Waals surface area contributed by atoms with Gasteiger partial charge in [-0.25, -0.2) is 0 Å². The van der Waals surface area contributed by atoms with Crippen molar-refractivity contribution in [2.45, 2.75) is 167 Å². The van der Waals surface area contributed by atoms with Crippen molar-refractivity contribution in [1.82, 2.24) is 0 Å². The summed E-state index contributed by atoms with van der Waals surface area (Å²) >= 11 is 0. The van der Waals surface area contributed by atoms with Crippen molar-refractivity contribution in [2.24, 2.45) is 11.8 Å².